The zero-order valence-electron chi connectivity index (χ0n) is 24.2. The molecule has 4 aliphatic heterocycles. The van der Waals surface area contributed by atoms with Gasteiger partial charge in [0.2, 0.25) is 0 Å². The van der Waals surface area contributed by atoms with Crippen molar-refractivity contribution in [2.45, 2.75) is 57.1 Å². The molecular formula is C28H40N12. The minimum atomic E-state index is -0.340. The van der Waals surface area contributed by atoms with E-state index in [9.17, 15) is 5.26 Å². The second-order valence-corrected chi connectivity index (χ2v) is 11.4. The molecule has 5 rings (SSSR count). The highest BCUT2D eigenvalue weighted by Crippen LogP contribution is 2.56. The second-order valence-electron chi connectivity index (χ2n) is 11.4. The number of nitrogens with one attached hydrogen (secondary N) is 2. The van der Waals surface area contributed by atoms with Crippen LogP contribution in [-0.2, 0) is 0 Å². The van der Waals surface area contributed by atoms with Gasteiger partial charge in [0.25, 0.3) is 0 Å². The first kappa shape index (κ1) is 27.6. The van der Waals surface area contributed by atoms with E-state index in [1.165, 1.54) is 6.21 Å². The summed E-state index contributed by atoms with van der Waals surface area (Å²) in [4.78, 5) is 24.5. The predicted molar refractivity (Wildman–Crippen MR) is 167 cm³/mol. The van der Waals surface area contributed by atoms with Gasteiger partial charge in [0.15, 0.2) is 0 Å². The average molecular weight is 545 g/mol. The van der Waals surface area contributed by atoms with Crippen molar-refractivity contribution in [1.29, 1.82) is 10.7 Å². The van der Waals surface area contributed by atoms with E-state index in [1.807, 2.05) is 53.8 Å². The molecular weight excluding hydrogens is 504 g/mol. The monoisotopic (exact) mass is 544 g/mol. The number of nitriles is 1. The van der Waals surface area contributed by atoms with Gasteiger partial charge in [-0.05, 0) is 7.05 Å². The fraction of sp³-hybridized carbons (Fsp3) is 0.571. The molecule has 0 fully saturated rings. The van der Waals surface area contributed by atoms with Gasteiger partial charge < -0.3 is 36.9 Å². The molecule has 0 amide bonds. The Morgan fingerprint density at radius 2 is 1.60 bits per heavy atom. The number of hydrogen-bond acceptors (Lipinski definition) is 12. The van der Waals surface area contributed by atoms with Crippen LogP contribution >= 0.6 is 0 Å². The number of likely N-dealkylation sites (N-methyl/N-ethyl adjacent to an activating group) is 1. The third-order valence-corrected chi connectivity index (χ3v) is 8.94. The minimum absolute atomic E-state index is 0.0782. The van der Waals surface area contributed by atoms with Gasteiger partial charge in [-0.1, -0.05) is 20.8 Å². The maximum Gasteiger partial charge on any atom is 0.143 e. The van der Waals surface area contributed by atoms with Crippen LogP contribution in [0.25, 0.3) is 0 Å². The Morgan fingerprint density at radius 1 is 1.02 bits per heavy atom. The van der Waals surface area contributed by atoms with Gasteiger partial charge in [0.05, 0.1) is 46.7 Å². The lowest BCUT2D eigenvalue weighted by atomic mass is 9.86. The zero-order valence-corrected chi connectivity index (χ0v) is 24.2. The van der Waals surface area contributed by atoms with E-state index in [0.29, 0.717) is 28.5 Å². The van der Waals surface area contributed by atoms with Crippen LogP contribution in [-0.4, -0.2) is 95.1 Å². The summed E-state index contributed by atoms with van der Waals surface area (Å²) in [7, 11) is 7.85. The highest BCUT2D eigenvalue weighted by Gasteiger charge is 2.44. The van der Waals surface area contributed by atoms with Gasteiger partial charge in [0.1, 0.15) is 29.6 Å². The van der Waals surface area contributed by atoms with Crippen molar-refractivity contribution in [3.63, 3.8) is 0 Å². The minimum Gasteiger partial charge on any atom is -0.395 e. The lowest BCUT2D eigenvalue weighted by Crippen LogP contribution is -2.50. The van der Waals surface area contributed by atoms with E-state index < -0.39 is 0 Å². The molecule has 40 heavy (non-hydrogen) atoms. The summed E-state index contributed by atoms with van der Waals surface area (Å²) in [6.45, 7) is 6.34. The first-order chi connectivity index (χ1) is 19.1. The highest BCUT2D eigenvalue weighted by molar-refractivity contribution is 6.17. The topological polar surface area (TPSA) is 171 Å². The smallest absolute Gasteiger partial charge is 0.143 e. The largest absolute Gasteiger partial charge is 0.395 e. The number of aliphatic imine (C=N–C) groups is 4. The molecule has 0 spiro atoms. The Balaban J connectivity index is 1.72. The number of hydrogen-bond donors (Lipinski definition) is 4. The first-order valence-electron chi connectivity index (χ1n) is 13.8. The lowest BCUT2D eigenvalue weighted by molar-refractivity contribution is 0.391. The number of benzene rings is 1. The van der Waals surface area contributed by atoms with E-state index in [4.69, 9.17) is 21.9 Å². The van der Waals surface area contributed by atoms with Crippen molar-refractivity contribution >= 4 is 64.7 Å². The van der Waals surface area contributed by atoms with E-state index >= 15 is 0 Å². The summed E-state index contributed by atoms with van der Waals surface area (Å²) < 4.78 is 0. The molecule has 9 atom stereocenters. The summed E-state index contributed by atoms with van der Waals surface area (Å²) in [6.07, 6.45) is 7.10. The molecule has 0 saturated carbocycles. The van der Waals surface area contributed by atoms with Crippen molar-refractivity contribution in [3.8, 4) is 6.07 Å². The maximum atomic E-state index is 10.2. The van der Waals surface area contributed by atoms with Gasteiger partial charge in [-0.25, -0.2) is 4.99 Å². The van der Waals surface area contributed by atoms with Crippen molar-refractivity contribution < 1.29 is 0 Å². The SMILES string of the molecule is CNC(C(C)C1C=N1)N(C)c1c(N)c(N)c(N(C)C(C(C)C=N)C(C)C2C=N2)c2c1N=C(C#N)C(C1C=N1)N2C. The van der Waals surface area contributed by atoms with Crippen molar-refractivity contribution in [1.82, 2.24) is 5.32 Å². The molecule has 12 nitrogen and oxygen atoms in total. The Kier molecular flexibility index (Phi) is 7.04. The molecule has 4 heterocycles. The predicted octanol–water partition coefficient (Wildman–Crippen LogP) is 1.97. The van der Waals surface area contributed by atoms with Gasteiger partial charge in [0, 0.05) is 69.8 Å². The van der Waals surface area contributed by atoms with Crippen molar-refractivity contribution in [2.75, 3.05) is 54.4 Å². The van der Waals surface area contributed by atoms with Gasteiger partial charge in [-0.3, -0.25) is 15.0 Å². The average Bonchev–Trinajstić information content (AvgIpc) is 3.78. The summed E-state index contributed by atoms with van der Waals surface area (Å²) in [5.74, 6) is 0.229. The molecule has 1 aromatic rings. The normalized spacial score (nSPS) is 27.1. The molecule has 9 unspecified atom stereocenters. The van der Waals surface area contributed by atoms with E-state index in [0.717, 1.165) is 11.4 Å². The third kappa shape index (κ3) is 4.48. The summed E-state index contributed by atoms with van der Waals surface area (Å²) >= 11 is 0. The number of rotatable bonds is 12. The van der Waals surface area contributed by atoms with Crippen LogP contribution in [0, 0.1) is 34.5 Å². The number of nitrogens with zero attached hydrogens (tertiary/aromatic N) is 8. The van der Waals surface area contributed by atoms with E-state index in [1.54, 1.807) is 0 Å². The number of anilines is 5. The van der Waals surface area contributed by atoms with E-state index in [-0.39, 0.29) is 54.1 Å². The van der Waals surface area contributed by atoms with Gasteiger partial charge >= 0.3 is 0 Å². The number of nitrogens with two attached hydrogens (primary N) is 2. The van der Waals surface area contributed by atoms with Crippen LogP contribution < -0.4 is 31.5 Å². The quantitative estimate of drug-likeness (QED) is 0.177. The van der Waals surface area contributed by atoms with Crippen LogP contribution in [0.3, 0.4) is 0 Å². The Bertz CT molecular complexity index is 1340. The number of nitrogen functional groups attached to an aromatic ring is 2. The third-order valence-electron chi connectivity index (χ3n) is 8.94. The Hall–Kier alpha value is -3.98. The van der Waals surface area contributed by atoms with Crippen LogP contribution in [0.2, 0.25) is 0 Å². The van der Waals surface area contributed by atoms with Gasteiger partial charge in [-0.2, -0.15) is 5.26 Å². The van der Waals surface area contributed by atoms with Crippen LogP contribution in [0.4, 0.5) is 34.1 Å². The summed E-state index contributed by atoms with van der Waals surface area (Å²) in [5, 5.41) is 21.7. The Morgan fingerprint density at radius 3 is 2.10 bits per heavy atom. The van der Waals surface area contributed by atoms with Crippen LogP contribution in [0.15, 0.2) is 20.0 Å². The summed E-state index contributed by atoms with van der Waals surface area (Å²) in [5.41, 5.74) is 17.9. The molecule has 0 aromatic heterocycles. The second kappa shape index (κ2) is 10.2. The molecule has 1 aromatic carbocycles. The zero-order chi connectivity index (χ0) is 29.0. The molecule has 0 saturated heterocycles. The molecule has 0 aliphatic carbocycles. The van der Waals surface area contributed by atoms with E-state index in [2.05, 4.69) is 54.9 Å². The molecule has 12 heteroatoms. The lowest BCUT2D eigenvalue weighted by Gasteiger charge is -2.44. The highest BCUT2D eigenvalue weighted by atomic mass is 15.3. The molecule has 4 aliphatic rings. The van der Waals surface area contributed by atoms with Gasteiger partial charge in [-0.15, -0.1) is 0 Å². The Labute approximate surface area is 236 Å². The number of fused-ring (bicyclic) bond motifs is 1. The van der Waals surface area contributed by atoms with Crippen LogP contribution in [0.1, 0.15) is 20.8 Å². The maximum absolute atomic E-state index is 10.2. The van der Waals surface area contributed by atoms with Crippen molar-refractivity contribution in [3.05, 3.63) is 0 Å². The molecule has 6 N–H and O–H groups in total. The molecule has 212 valence electrons. The first-order valence-corrected chi connectivity index (χ1v) is 13.8. The molecule has 0 radical (unpaired) electrons. The molecule has 0 bridgehead atoms. The summed E-state index contributed by atoms with van der Waals surface area (Å²) in [6, 6.07) is 2.07. The standard InChI is InChI=1S/C28H40N12/c1-13(8-29)23(14(2)17-10-34-17)38(5)26-21(32)20(31)25(40(7)28(33-4)15(3)18-11-35-18)22-27(26)39(6)24(19-12-36-19)16(9-30)37-22/h8,10-15,17-19,23-24,28-29,33H,31-32H2,1-7H3. The van der Waals surface area contributed by atoms with Crippen LogP contribution in [0.5, 0.6) is 0 Å². The fourth-order valence-corrected chi connectivity index (χ4v) is 6.50. The van der Waals surface area contributed by atoms with Crippen molar-refractivity contribution in [2.24, 2.45) is 37.7 Å². The fourth-order valence-electron chi connectivity index (χ4n) is 6.50.